The molecule has 1 aromatic carbocycles. The Morgan fingerprint density at radius 1 is 1.22 bits per heavy atom. The van der Waals surface area contributed by atoms with Gasteiger partial charge in [-0.25, -0.2) is 13.1 Å². The number of sulfonamides is 1. The minimum Gasteiger partial charge on any atom is -0.339 e. The van der Waals surface area contributed by atoms with Crippen molar-refractivity contribution in [3.8, 4) is 0 Å². The largest absolute Gasteiger partial charge is 0.339 e. The fourth-order valence-corrected chi connectivity index (χ4v) is 4.88. The highest BCUT2D eigenvalue weighted by Gasteiger charge is 2.26. The van der Waals surface area contributed by atoms with Crippen LogP contribution in [-0.4, -0.2) is 43.8 Å². The third kappa shape index (κ3) is 4.99. The maximum Gasteiger partial charge on any atom is 0.255 e. The highest BCUT2D eigenvalue weighted by molar-refractivity contribution is 7.89. The van der Waals surface area contributed by atoms with Gasteiger partial charge in [0, 0.05) is 37.1 Å². The van der Waals surface area contributed by atoms with Crippen molar-refractivity contribution in [2.75, 3.05) is 19.6 Å². The van der Waals surface area contributed by atoms with E-state index in [1.54, 1.807) is 29.4 Å². The number of hydrogen-bond acceptors (Lipinski definition) is 4. The molecule has 9 heteroatoms. The summed E-state index contributed by atoms with van der Waals surface area (Å²) in [6.07, 6.45) is 4.62. The predicted molar refractivity (Wildman–Crippen MR) is 105 cm³/mol. The number of rotatable bonds is 5. The van der Waals surface area contributed by atoms with Crippen molar-refractivity contribution >= 4 is 39.1 Å². The van der Waals surface area contributed by atoms with Gasteiger partial charge in [-0.15, -0.1) is 0 Å². The number of carbonyl (C=O) groups is 1. The summed E-state index contributed by atoms with van der Waals surface area (Å²) in [4.78, 5) is 18.1. The van der Waals surface area contributed by atoms with Gasteiger partial charge in [-0.1, -0.05) is 23.2 Å². The molecule has 1 aliphatic rings. The van der Waals surface area contributed by atoms with E-state index in [4.69, 9.17) is 23.2 Å². The number of halogens is 2. The molecule has 1 saturated heterocycles. The maximum absolute atomic E-state index is 12.5. The first-order valence-electron chi connectivity index (χ1n) is 8.51. The zero-order valence-electron chi connectivity index (χ0n) is 14.4. The van der Waals surface area contributed by atoms with Crippen molar-refractivity contribution in [1.29, 1.82) is 0 Å². The number of pyridine rings is 1. The monoisotopic (exact) mass is 427 g/mol. The van der Waals surface area contributed by atoms with Crippen LogP contribution in [-0.2, 0) is 10.0 Å². The van der Waals surface area contributed by atoms with Gasteiger partial charge in [0.15, 0.2) is 0 Å². The van der Waals surface area contributed by atoms with Crippen molar-refractivity contribution in [3.05, 3.63) is 58.3 Å². The molecule has 0 unspecified atom stereocenters. The van der Waals surface area contributed by atoms with Crippen molar-refractivity contribution < 1.29 is 13.2 Å². The quantitative estimate of drug-likeness (QED) is 0.793. The molecule has 1 aliphatic heterocycles. The third-order valence-corrected chi connectivity index (χ3v) is 6.70. The molecule has 3 rings (SSSR count). The van der Waals surface area contributed by atoms with Crippen LogP contribution in [0.1, 0.15) is 23.2 Å². The summed E-state index contributed by atoms with van der Waals surface area (Å²) in [6, 6.07) is 7.81. The Balaban J connectivity index is 1.55. The van der Waals surface area contributed by atoms with Crippen LogP contribution in [0.3, 0.4) is 0 Å². The Morgan fingerprint density at radius 2 is 1.96 bits per heavy atom. The SMILES string of the molecule is O=C(c1cccnc1)N1CCC(CNS(=O)(=O)c2cc(Cl)ccc2Cl)CC1. The topological polar surface area (TPSA) is 79.4 Å². The Labute approximate surface area is 168 Å². The number of hydrogen-bond donors (Lipinski definition) is 1. The van der Waals surface area contributed by atoms with Gasteiger partial charge in [-0.2, -0.15) is 0 Å². The first-order valence-corrected chi connectivity index (χ1v) is 10.7. The van der Waals surface area contributed by atoms with Crippen LogP contribution in [0.2, 0.25) is 10.0 Å². The van der Waals surface area contributed by atoms with Crippen molar-refractivity contribution in [2.45, 2.75) is 17.7 Å². The molecular formula is C18H19Cl2N3O3S. The smallest absolute Gasteiger partial charge is 0.255 e. The maximum atomic E-state index is 12.5. The number of nitrogens with zero attached hydrogens (tertiary/aromatic N) is 2. The molecule has 0 bridgehead atoms. The van der Waals surface area contributed by atoms with Crippen molar-refractivity contribution in [3.63, 3.8) is 0 Å². The molecule has 27 heavy (non-hydrogen) atoms. The minimum absolute atomic E-state index is 0.0270. The number of carbonyl (C=O) groups excluding carboxylic acids is 1. The molecule has 2 heterocycles. The molecule has 0 atom stereocenters. The fraction of sp³-hybridized carbons (Fsp3) is 0.333. The summed E-state index contributed by atoms with van der Waals surface area (Å²) >= 11 is 11.9. The zero-order valence-corrected chi connectivity index (χ0v) is 16.8. The molecule has 6 nitrogen and oxygen atoms in total. The van der Waals surface area contributed by atoms with Gasteiger partial charge >= 0.3 is 0 Å². The summed E-state index contributed by atoms with van der Waals surface area (Å²) in [5.74, 6) is 0.100. The van der Waals surface area contributed by atoms with E-state index in [1.807, 2.05) is 0 Å². The highest BCUT2D eigenvalue weighted by Crippen LogP contribution is 2.25. The average Bonchev–Trinajstić information content (AvgIpc) is 2.69. The highest BCUT2D eigenvalue weighted by atomic mass is 35.5. The lowest BCUT2D eigenvalue weighted by atomic mass is 9.97. The summed E-state index contributed by atoms with van der Waals surface area (Å²) in [7, 11) is -3.74. The van der Waals surface area contributed by atoms with Crippen LogP contribution < -0.4 is 4.72 Å². The lowest BCUT2D eigenvalue weighted by Gasteiger charge is -2.32. The third-order valence-electron chi connectivity index (χ3n) is 4.56. The number of benzene rings is 1. The molecule has 0 radical (unpaired) electrons. The normalized spacial score (nSPS) is 15.7. The first kappa shape index (κ1) is 20.1. The van der Waals surface area contributed by atoms with Crippen LogP contribution in [0.4, 0.5) is 0 Å². The number of aromatic nitrogens is 1. The standard InChI is InChI=1S/C18H19Cl2N3O3S/c19-15-3-4-16(20)17(10-15)27(25,26)22-11-13-5-8-23(9-6-13)18(24)14-2-1-7-21-12-14/h1-4,7,10,12-13,22H,5-6,8-9,11H2. The Bertz CT molecular complexity index is 915. The Hall–Kier alpha value is -1.67. The lowest BCUT2D eigenvalue weighted by molar-refractivity contribution is 0.0691. The molecule has 0 spiro atoms. The van der Waals surface area contributed by atoms with Gasteiger partial charge in [0.2, 0.25) is 10.0 Å². The molecule has 1 N–H and O–H groups in total. The molecule has 1 aromatic heterocycles. The van der Waals surface area contributed by atoms with E-state index in [2.05, 4.69) is 9.71 Å². The zero-order chi connectivity index (χ0) is 19.4. The molecule has 0 saturated carbocycles. The number of likely N-dealkylation sites (tertiary alicyclic amines) is 1. The van der Waals surface area contributed by atoms with Crippen LogP contribution >= 0.6 is 23.2 Å². The van der Waals surface area contributed by atoms with Gasteiger partial charge in [0.25, 0.3) is 5.91 Å². The second kappa shape index (κ2) is 8.56. The second-order valence-electron chi connectivity index (χ2n) is 6.40. The van der Waals surface area contributed by atoms with E-state index in [0.717, 1.165) is 12.8 Å². The van der Waals surface area contributed by atoms with E-state index >= 15 is 0 Å². The lowest BCUT2D eigenvalue weighted by Crippen LogP contribution is -2.41. The number of nitrogens with one attached hydrogen (secondary N) is 1. The number of amides is 1. The first-order chi connectivity index (χ1) is 12.9. The second-order valence-corrected chi connectivity index (χ2v) is 8.98. The van der Waals surface area contributed by atoms with E-state index < -0.39 is 10.0 Å². The predicted octanol–water partition coefficient (Wildman–Crippen LogP) is 3.22. The molecule has 144 valence electrons. The van der Waals surface area contributed by atoms with Crippen LogP contribution in [0, 0.1) is 5.92 Å². The summed E-state index contributed by atoms with van der Waals surface area (Å²) < 4.78 is 27.6. The van der Waals surface area contributed by atoms with Gasteiger partial charge in [-0.05, 0) is 49.1 Å². The van der Waals surface area contributed by atoms with Crippen LogP contribution in [0.5, 0.6) is 0 Å². The van der Waals surface area contributed by atoms with Gasteiger partial charge in [-0.3, -0.25) is 9.78 Å². The molecule has 1 amide bonds. The van der Waals surface area contributed by atoms with Crippen molar-refractivity contribution in [1.82, 2.24) is 14.6 Å². The van der Waals surface area contributed by atoms with E-state index in [1.165, 1.54) is 18.2 Å². The molecular weight excluding hydrogens is 409 g/mol. The van der Waals surface area contributed by atoms with Crippen molar-refractivity contribution in [2.24, 2.45) is 5.92 Å². The summed E-state index contributed by atoms with van der Waals surface area (Å²) in [5, 5.41) is 0.436. The van der Waals surface area contributed by atoms with Gasteiger partial charge < -0.3 is 4.90 Å². The van der Waals surface area contributed by atoms with Gasteiger partial charge in [0.1, 0.15) is 4.90 Å². The number of piperidine rings is 1. The summed E-state index contributed by atoms with van der Waals surface area (Å²) in [6.45, 7) is 1.45. The van der Waals surface area contributed by atoms with Crippen LogP contribution in [0.15, 0.2) is 47.6 Å². The molecule has 1 fully saturated rings. The molecule has 0 aliphatic carbocycles. The van der Waals surface area contributed by atoms with E-state index in [0.29, 0.717) is 30.2 Å². The molecule has 2 aromatic rings. The minimum atomic E-state index is -3.74. The van der Waals surface area contributed by atoms with Gasteiger partial charge in [0.05, 0.1) is 10.6 Å². The fourth-order valence-electron chi connectivity index (χ4n) is 3.00. The Morgan fingerprint density at radius 3 is 2.63 bits per heavy atom. The summed E-state index contributed by atoms with van der Waals surface area (Å²) in [5.41, 5.74) is 0.562. The van der Waals surface area contributed by atoms with E-state index in [9.17, 15) is 13.2 Å². The Kier molecular flexibility index (Phi) is 6.37. The average molecular weight is 428 g/mol. The van der Waals surface area contributed by atoms with E-state index in [-0.39, 0.29) is 21.7 Å². The van der Waals surface area contributed by atoms with Crippen LogP contribution in [0.25, 0.3) is 0 Å².